The predicted octanol–water partition coefficient (Wildman–Crippen LogP) is 3.40. The molecule has 0 aliphatic carbocycles. The number of rotatable bonds is 3. The SMILES string of the molecule is Cc1ccc(S(=O)(=O)Nc2ccc(N)c(C(F)(F)F)c2)cc1. The van der Waals surface area contributed by atoms with Gasteiger partial charge in [0.1, 0.15) is 0 Å². The van der Waals surface area contributed by atoms with E-state index in [1.165, 1.54) is 18.2 Å². The Bertz CT molecular complexity index is 785. The summed E-state index contributed by atoms with van der Waals surface area (Å²) in [5, 5.41) is 0. The van der Waals surface area contributed by atoms with Gasteiger partial charge in [-0.1, -0.05) is 17.7 Å². The standard InChI is InChI=1S/C14H13F3N2O2S/c1-9-2-5-11(6-3-9)22(20,21)19-10-4-7-13(18)12(8-10)14(15,16)17/h2-8,19H,18H2,1H3. The van der Waals surface area contributed by atoms with Crippen molar-refractivity contribution in [1.82, 2.24) is 0 Å². The van der Waals surface area contributed by atoms with E-state index < -0.39 is 27.5 Å². The quantitative estimate of drug-likeness (QED) is 0.847. The van der Waals surface area contributed by atoms with Gasteiger partial charge in [-0.3, -0.25) is 4.72 Å². The summed E-state index contributed by atoms with van der Waals surface area (Å²) >= 11 is 0. The molecule has 0 aliphatic rings. The lowest BCUT2D eigenvalue weighted by atomic mass is 10.1. The first-order chi connectivity index (χ1) is 10.1. The van der Waals surface area contributed by atoms with Crippen LogP contribution >= 0.6 is 0 Å². The van der Waals surface area contributed by atoms with Gasteiger partial charge in [0, 0.05) is 11.4 Å². The van der Waals surface area contributed by atoms with Crippen LogP contribution in [0, 0.1) is 6.92 Å². The maximum Gasteiger partial charge on any atom is 0.418 e. The number of nitrogen functional groups attached to an aromatic ring is 1. The fourth-order valence-electron chi connectivity index (χ4n) is 1.80. The van der Waals surface area contributed by atoms with Gasteiger partial charge in [0.25, 0.3) is 10.0 Å². The molecule has 0 bridgehead atoms. The lowest BCUT2D eigenvalue weighted by Gasteiger charge is -2.13. The zero-order valence-electron chi connectivity index (χ0n) is 11.5. The second kappa shape index (κ2) is 5.53. The molecular weight excluding hydrogens is 317 g/mol. The van der Waals surface area contributed by atoms with Gasteiger partial charge in [-0.25, -0.2) is 8.42 Å². The molecule has 3 N–H and O–H groups in total. The average Bonchev–Trinajstić information content (AvgIpc) is 2.40. The summed E-state index contributed by atoms with van der Waals surface area (Å²) in [4.78, 5) is -0.0384. The van der Waals surface area contributed by atoms with E-state index in [1.54, 1.807) is 19.1 Å². The minimum absolute atomic E-state index is 0.0384. The highest BCUT2D eigenvalue weighted by Crippen LogP contribution is 2.35. The monoisotopic (exact) mass is 330 g/mol. The van der Waals surface area contributed by atoms with E-state index in [4.69, 9.17) is 5.73 Å². The Balaban J connectivity index is 2.36. The molecule has 0 saturated heterocycles. The van der Waals surface area contributed by atoms with Gasteiger partial charge in [-0.2, -0.15) is 13.2 Å². The summed E-state index contributed by atoms with van der Waals surface area (Å²) in [5.74, 6) is 0. The molecule has 2 aromatic rings. The van der Waals surface area contributed by atoms with Crippen molar-refractivity contribution in [3.63, 3.8) is 0 Å². The Kier molecular flexibility index (Phi) is 4.06. The number of nitrogens with one attached hydrogen (secondary N) is 1. The summed E-state index contributed by atoms with van der Waals surface area (Å²) in [7, 11) is -3.96. The van der Waals surface area contributed by atoms with Crippen LogP contribution in [-0.4, -0.2) is 8.42 Å². The molecule has 22 heavy (non-hydrogen) atoms. The number of anilines is 2. The first-order valence-corrected chi connectivity index (χ1v) is 7.64. The number of nitrogens with two attached hydrogens (primary N) is 1. The third kappa shape index (κ3) is 3.51. The summed E-state index contributed by atoms with van der Waals surface area (Å²) < 4.78 is 64.7. The Hall–Kier alpha value is -2.22. The van der Waals surface area contributed by atoms with Crippen molar-refractivity contribution in [1.29, 1.82) is 0 Å². The molecule has 0 aliphatic heterocycles. The number of aryl methyl sites for hydroxylation is 1. The smallest absolute Gasteiger partial charge is 0.398 e. The second-order valence-electron chi connectivity index (χ2n) is 4.72. The third-order valence-electron chi connectivity index (χ3n) is 2.94. The number of benzene rings is 2. The van der Waals surface area contributed by atoms with Gasteiger partial charge < -0.3 is 5.73 Å². The number of sulfonamides is 1. The lowest BCUT2D eigenvalue weighted by Crippen LogP contribution is -2.15. The molecule has 0 fully saturated rings. The Morgan fingerprint density at radius 2 is 1.64 bits per heavy atom. The highest BCUT2D eigenvalue weighted by atomic mass is 32.2. The van der Waals surface area contributed by atoms with Crippen molar-refractivity contribution in [3.05, 3.63) is 53.6 Å². The normalized spacial score (nSPS) is 12.2. The lowest BCUT2D eigenvalue weighted by molar-refractivity contribution is -0.136. The van der Waals surface area contributed by atoms with Crippen molar-refractivity contribution in [2.75, 3.05) is 10.5 Å². The molecule has 118 valence electrons. The van der Waals surface area contributed by atoms with Crippen molar-refractivity contribution < 1.29 is 21.6 Å². The molecule has 4 nitrogen and oxygen atoms in total. The zero-order valence-corrected chi connectivity index (χ0v) is 12.3. The minimum atomic E-state index is -4.66. The molecule has 8 heteroatoms. The number of hydrogen-bond donors (Lipinski definition) is 2. The van der Waals surface area contributed by atoms with Crippen LogP contribution in [0.5, 0.6) is 0 Å². The molecule has 0 radical (unpaired) electrons. The van der Waals surface area contributed by atoms with Crippen LogP contribution < -0.4 is 10.5 Å². The number of halogens is 3. The van der Waals surface area contributed by atoms with Gasteiger partial charge in [-0.05, 0) is 37.3 Å². The van der Waals surface area contributed by atoms with Gasteiger partial charge in [-0.15, -0.1) is 0 Å². The molecule has 0 atom stereocenters. The van der Waals surface area contributed by atoms with E-state index in [9.17, 15) is 21.6 Å². The van der Waals surface area contributed by atoms with E-state index in [1.807, 2.05) is 0 Å². The van der Waals surface area contributed by atoms with E-state index in [2.05, 4.69) is 4.72 Å². The molecular formula is C14H13F3N2O2S. The van der Waals surface area contributed by atoms with Crippen molar-refractivity contribution in [2.24, 2.45) is 0 Å². The van der Waals surface area contributed by atoms with Crippen molar-refractivity contribution >= 4 is 21.4 Å². The molecule has 0 spiro atoms. The molecule has 2 rings (SSSR count). The van der Waals surface area contributed by atoms with Crippen LogP contribution in [0.2, 0.25) is 0 Å². The van der Waals surface area contributed by atoms with Crippen LogP contribution in [0.25, 0.3) is 0 Å². The Labute approximate surface area is 125 Å². The average molecular weight is 330 g/mol. The van der Waals surface area contributed by atoms with Crippen LogP contribution in [-0.2, 0) is 16.2 Å². The largest absolute Gasteiger partial charge is 0.418 e. The summed E-state index contributed by atoms with van der Waals surface area (Å²) in [6.07, 6.45) is -4.66. The Morgan fingerprint density at radius 3 is 2.18 bits per heavy atom. The maximum atomic E-state index is 12.8. The zero-order chi connectivity index (χ0) is 16.5. The van der Waals surface area contributed by atoms with E-state index in [-0.39, 0.29) is 10.6 Å². The van der Waals surface area contributed by atoms with E-state index >= 15 is 0 Å². The van der Waals surface area contributed by atoms with Crippen LogP contribution in [0.4, 0.5) is 24.5 Å². The number of hydrogen-bond acceptors (Lipinski definition) is 3. The van der Waals surface area contributed by atoms with Crippen LogP contribution in [0.3, 0.4) is 0 Å². The molecule has 2 aromatic carbocycles. The minimum Gasteiger partial charge on any atom is -0.398 e. The summed E-state index contributed by atoms with van der Waals surface area (Å²) in [5.41, 5.74) is 4.38. The third-order valence-corrected chi connectivity index (χ3v) is 4.34. The first kappa shape index (κ1) is 16.2. The van der Waals surface area contributed by atoms with Crippen molar-refractivity contribution in [3.8, 4) is 0 Å². The topological polar surface area (TPSA) is 72.2 Å². The van der Waals surface area contributed by atoms with Gasteiger partial charge >= 0.3 is 6.18 Å². The fraction of sp³-hybridized carbons (Fsp3) is 0.143. The van der Waals surface area contributed by atoms with Crippen LogP contribution in [0.1, 0.15) is 11.1 Å². The molecule has 0 heterocycles. The maximum absolute atomic E-state index is 12.8. The summed E-state index contributed by atoms with van der Waals surface area (Å²) in [6, 6.07) is 8.80. The van der Waals surface area contributed by atoms with E-state index in [0.717, 1.165) is 11.6 Å². The highest BCUT2D eigenvalue weighted by Gasteiger charge is 2.33. The molecule has 0 unspecified atom stereocenters. The first-order valence-electron chi connectivity index (χ1n) is 6.16. The van der Waals surface area contributed by atoms with Gasteiger partial charge in [0.2, 0.25) is 0 Å². The predicted molar refractivity (Wildman–Crippen MR) is 77.8 cm³/mol. The number of alkyl halides is 3. The van der Waals surface area contributed by atoms with Crippen molar-refractivity contribution in [2.45, 2.75) is 18.0 Å². The molecule has 0 aromatic heterocycles. The summed E-state index contributed by atoms with van der Waals surface area (Å²) in [6.45, 7) is 1.79. The highest BCUT2D eigenvalue weighted by molar-refractivity contribution is 7.92. The fourth-order valence-corrected chi connectivity index (χ4v) is 2.85. The Morgan fingerprint density at radius 1 is 1.05 bits per heavy atom. The second-order valence-corrected chi connectivity index (χ2v) is 6.40. The van der Waals surface area contributed by atoms with E-state index in [0.29, 0.717) is 6.07 Å². The molecule has 0 amide bonds. The van der Waals surface area contributed by atoms with Gasteiger partial charge in [0.15, 0.2) is 0 Å². The van der Waals surface area contributed by atoms with Crippen LogP contribution in [0.15, 0.2) is 47.4 Å². The van der Waals surface area contributed by atoms with Gasteiger partial charge in [0.05, 0.1) is 10.5 Å². The molecule has 0 saturated carbocycles.